The lowest BCUT2D eigenvalue weighted by Crippen LogP contribution is -2.45. The number of fused-ring (bicyclic) bond motifs is 1. The van der Waals surface area contributed by atoms with Crippen molar-refractivity contribution in [1.29, 1.82) is 0 Å². The first-order chi connectivity index (χ1) is 8.69. The van der Waals surface area contributed by atoms with Gasteiger partial charge in [-0.25, -0.2) is 0 Å². The van der Waals surface area contributed by atoms with Crippen molar-refractivity contribution in [1.82, 2.24) is 0 Å². The van der Waals surface area contributed by atoms with Gasteiger partial charge in [-0.1, -0.05) is 19.1 Å². The highest BCUT2D eigenvalue weighted by Crippen LogP contribution is 2.36. The summed E-state index contributed by atoms with van der Waals surface area (Å²) >= 11 is 0. The van der Waals surface area contributed by atoms with E-state index in [-0.39, 0.29) is 5.91 Å². The van der Waals surface area contributed by atoms with Gasteiger partial charge in [0.2, 0.25) is 5.91 Å². The monoisotopic (exact) mass is 248 g/mol. The molecule has 1 amide bonds. The third-order valence-corrected chi connectivity index (χ3v) is 3.42. The minimum absolute atomic E-state index is 0.0112. The molecule has 0 saturated heterocycles. The normalized spacial score (nSPS) is 16.1. The molecule has 4 heteroatoms. The van der Waals surface area contributed by atoms with Crippen LogP contribution in [0.25, 0.3) is 0 Å². The van der Waals surface area contributed by atoms with E-state index in [9.17, 15) is 4.79 Å². The zero-order valence-electron chi connectivity index (χ0n) is 11.0. The van der Waals surface area contributed by atoms with Gasteiger partial charge in [-0.05, 0) is 30.9 Å². The van der Waals surface area contributed by atoms with Crippen LogP contribution in [-0.2, 0) is 11.2 Å². The van der Waals surface area contributed by atoms with Gasteiger partial charge in [-0.2, -0.15) is 0 Å². The lowest BCUT2D eigenvalue weighted by Gasteiger charge is -2.32. The minimum Gasteiger partial charge on any atom is -0.495 e. The van der Waals surface area contributed by atoms with Crippen molar-refractivity contribution in [2.24, 2.45) is 5.73 Å². The second-order valence-corrected chi connectivity index (χ2v) is 4.58. The Morgan fingerprint density at radius 1 is 1.56 bits per heavy atom. The Kier molecular flexibility index (Phi) is 3.87. The molecule has 0 aromatic heterocycles. The fourth-order valence-corrected chi connectivity index (χ4v) is 2.38. The quantitative estimate of drug-likeness (QED) is 0.886. The van der Waals surface area contributed by atoms with E-state index in [2.05, 4.69) is 6.07 Å². The summed E-state index contributed by atoms with van der Waals surface area (Å²) < 4.78 is 5.37. The van der Waals surface area contributed by atoms with Gasteiger partial charge in [-0.3, -0.25) is 4.79 Å². The van der Waals surface area contributed by atoms with Gasteiger partial charge in [0.25, 0.3) is 0 Å². The highest BCUT2D eigenvalue weighted by atomic mass is 16.5. The largest absolute Gasteiger partial charge is 0.495 e. The zero-order chi connectivity index (χ0) is 13.1. The van der Waals surface area contributed by atoms with Gasteiger partial charge in [0.15, 0.2) is 0 Å². The molecular formula is C14H20N2O2. The number of hydrogen-bond acceptors (Lipinski definition) is 3. The molecule has 0 aliphatic carbocycles. The van der Waals surface area contributed by atoms with Gasteiger partial charge in [0, 0.05) is 6.54 Å². The average molecular weight is 248 g/mol. The van der Waals surface area contributed by atoms with E-state index in [0.717, 1.165) is 36.4 Å². The first kappa shape index (κ1) is 12.9. The molecule has 1 atom stereocenters. The Labute approximate surface area is 108 Å². The number of benzene rings is 1. The molecule has 0 bridgehead atoms. The number of amides is 1. The Morgan fingerprint density at radius 3 is 3.00 bits per heavy atom. The van der Waals surface area contributed by atoms with Crippen molar-refractivity contribution in [3.05, 3.63) is 23.8 Å². The Hall–Kier alpha value is -1.55. The van der Waals surface area contributed by atoms with Crippen LogP contribution in [-0.4, -0.2) is 25.6 Å². The number of carbonyl (C=O) groups excluding carboxylic acids is 1. The molecule has 18 heavy (non-hydrogen) atoms. The Balaban J connectivity index is 2.40. The molecule has 0 unspecified atom stereocenters. The number of para-hydroxylation sites is 1. The maximum absolute atomic E-state index is 12.3. The maximum Gasteiger partial charge on any atom is 0.243 e. The number of rotatable bonds is 3. The fraction of sp³-hybridized carbons (Fsp3) is 0.500. The predicted molar refractivity (Wildman–Crippen MR) is 71.9 cm³/mol. The van der Waals surface area contributed by atoms with E-state index in [1.807, 2.05) is 19.1 Å². The summed E-state index contributed by atoms with van der Waals surface area (Å²) in [5.74, 6) is 0.742. The van der Waals surface area contributed by atoms with Gasteiger partial charge in [-0.15, -0.1) is 0 Å². The minimum atomic E-state index is -0.430. The zero-order valence-corrected chi connectivity index (χ0v) is 11.0. The maximum atomic E-state index is 12.3. The summed E-state index contributed by atoms with van der Waals surface area (Å²) in [6.45, 7) is 2.65. The van der Waals surface area contributed by atoms with Gasteiger partial charge >= 0.3 is 0 Å². The third kappa shape index (κ3) is 2.20. The van der Waals surface area contributed by atoms with E-state index < -0.39 is 6.04 Å². The number of anilines is 1. The topological polar surface area (TPSA) is 55.6 Å². The molecule has 1 aliphatic rings. The number of aryl methyl sites for hydroxylation is 1. The molecule has 1 aromatic carbocycles. The number of hydrogen-bond donors (Lipinski definition) is 1. The number of methoxy groups -OCH3 is 1. The molecule has 1 aliphatic heterocycles. The standard InChI is InChI=1S/C14H20N2O2/c1-3-11(15)14(17)16-9-5-7-10-6-4-8-12(18-2)13(10)16/h4,6,8,11H,3,5,7,9,15H2,1-2H3/t11-/m0/s1. The average Bonchev–Trinajstić information content (AvgIpc) is 2.44. The molecule has 4 nitrogen and oxygen atoms in total. The molecule has 0 fully saturated rings. The first-order valence-corrected chi connectivity index (χ1v) is 6.41. The van der Waals surface area contributed by atoms with Crippen LogP contribution in [0.2, 0.25) is 0 Å². The summed E-state index contributed by atoms with van der Waals surface area (Å²) in [5.41, 5.74) is 7.93. The third-order valence-electron chi connectivity index (χ3n) is 3.42. The van der Waals surface area contributed by atoms with Crippen LogP contribution in [0.5, 0.6) is 5.75 Å². The van der Waals surface area contributed by atoms with Crippen LogP contribution in [0.15, 0.2) is 18.2 Å². The van der Waals surface area contributed by atoms with E-state index in [4.69, 9.17) is 10.5 Å². The van der Waals surface area contributed by atoms with Crippen LogP contribution in [0.1, 0.15) is 25.3 Å². The predicted octanol–water partition coefficient (Wildman–Crippen LogP) is 1.71. The highest BCUT2D eigenvalue weighted by molar-refractivity contribution is 5.99. The highest BCUT2D eigenvalue weighted by Gasteiger charge is 2.28. The van der Waals surface area contributed by atoms with E-state index in [0.29, 0.717) is 6.42 Å². The molecule has 2 N–H and O–H groups in total. The summed E-state index contributed by atoms with van der Waals surface area (Å²) in [5, 5.41) is 0. The molecule has 0 saturated carbocycles. The molecule has 0 spiro atoms. The van der Waals surface area contributed by atoms with Crippen molar-refractivity contribution >= 4 is 11.6 Å². The van der Waals surface area contributed by atoms with E-state index in [1.54, 1.807) is 12.0 Å². The molecule has 98 valence electrons. The van der Waals surface area contributed by atoms with Crippen molar-refractivity contribution in [3.8, 4) is 5.75 Å². The van der Waals surface area contributed by atoms with E-state index in [1.165, 1.54) is 0 Å². The summed E-state index contributed by atoms with van der Waals surface area (Å²) in [7, 11) is 1.63. The fourth-order valence-electron chi connectivity index (χ4n) is 2.38. The number of ether oxygens (including phenoxy) is 1. The van der Waals surface area contributed by atoms with Crippen molar-refractivity contribution in [3.63, 3.8) is 0 Å². The Morgan fingerprint density at radius 2 is 2.33 bits per heavy atom. The lowest BCUT2D eigenvalue weighted by atomic mass is 10.00. The van der Waals surface area contributed by atoms with Gasteiger partial charge in [0.05, 0.1) is 18.8 Å². The molecular weight excluding hydrogens is 228 g/mol. The van der Waals surface area contributed by atoms with Gasteiger partial charge < -0.3 is 15.4 Å². The molecule has 0 radical (unpaired) electrons. The summed E-state index contributed by atoms with van der Waals surface area (Å²) in [4.78, 5) is 14.1. The molecule has 1 heterocycles. The summed E-state index contributed by atoms with van der Waals surface area (Å²) in [6, 6.07) is 5.48. The van der Waals surface area contributed by atoms with Crippen LogP contribution in [0.3, 0.4) is 0 Å². The number of nitrogens with two attached hydrogens (primary N) is 1. The smallest absolute Gasteiger partial charge is 0.243 e. The van der Waals surface area contributed by atoms with E-state index >= 15 is 0 Å². The first-order valence-electron chi connectivity index (χ1n) is 6.41. The van der Waals surface area contributed by atoms with Gasteiger partial charge in [0.1, 0.15) is 5.75 Å². The molecule has 2 rings (SSSR count). The van der Waals surface area contributed by atoms with Crippen LogP contribution >= 0.6 is 0 Å². The summed E-state index contributed by atoms with van der Waals surface area (Å²) in [6.07, 6.45) is 2.61. The van der Waals surface area contributed by atoms with Crippen molar-refractivity contribution in [2.75, 3.05) is 18.6 Å². The van der Waals surface area contributed by atoms with Crippen LogP contribution < -0.4 is 15.4 Å². The van der Waals surface area contributed by atoms with Crippen molar-refractivity contribution < 1.29 is 9.53 Å². The SMILES string of the molecule is CC[C@H](N)C(=O)N1CCCc2cccc(OC)c21. The van der Waals surface area contributed by atoms with Crippen LogP contribution in [0, 0.1) is 0 Å². The van der Waals surface area contributed by atoms with Crippen LogP contribution in [0.4, 0.5) is 5.69 Å². The lowest BCUT2D eigenvalue weighted by molar-refractivity contribution is -0.120. The number of carbonyl (C=O) groups is 1. The number of nitrogens with zero attached hydrogens (tertiary/aromatic N) is 1. The Bertz CT molecular complexity index is 431. The second-order valence-electron chi connectivity index (χ2n) is 4.58. The molecule has 1 aromatic rings. The second kappa shape index (κ2) is 5.40. The van der Waals surface area contributed by atoms with Crippen molar-refractivity contribution in [2.45, 2.75) is 32.2 Å².